The Hall–Kier alpha value is -3.74. The summed E-state index contributed by atoms with van der Waals surface area (Å²) in [7, 11) is 1.30. The second kappa shape index (κ2) is 8.52. The van der Waals surface area contributed by atoms with Crippen LogP contribution in [0.5, 0.6) is 0 Å². The van der Waals surface area contributed by atoms with Crippen LogP contribution in [0.25, 0.3) is 11.3 Å². The Morgan fingerprint density at radius 3 is 2.41 bits per heavy atom. The molecule has 3 aromatic rings. The second-order valence-corrected chi connectivity index (χ2v) is 6.65. The van der Waals surface area contributed by atoms with Gasteiger partial charge in [0.05, 0.1) is 18.4 Å². The van der Waals surface area contributed by atoms with Crippen molar-refractivity contribution in [3.63, 3.8) is 0 Å². The molecule has 1 amide bonds. The van der Waals surface area contributed by atoms with Crippen molar-refractivity contribution in [2.24, 2.45) is 0 Å². The number of carbonyl (C=O) groups excluding carboxylic acids is 2. The fourth-order valence-electron chi connectivity index (χ4n) is 2.95. The largest absolute Gasteiger partial charge is 0.465 e. The molecule has 2 aromatic carbocycles. The molecule has 0 unspecified atom stereocenters. The zero-order valence-corrected chi connectivity index (χ0v) is 16.4. The van der Waals surface area contributed by atoms with Crippen LogP contribution >= 0.6 is 0 Å². The number of anilines is 1. The maximum atomic E-state index is 12.4. The van der Waals surface area contributed by atoms with Gasteiger partial charge in [-0.3, -0.25) is 9.59 Å². The third-order valence-corrected chi connectivity index (χ3v) is 4.41. The van der Waals surface area contributed by atoms with E-state index in [-0.39, 0.29) is 12.1 Å². The molecule has 0 radical (unpaired) electrons. The summed E-state index contributed by atoms with van der Waals surface area (Å²) in [6, 6.07) is 15.3. The van der Waals surface area contributed by atoms with E-state index in [0.717, 1.165) is 21.4 Å². The number of benzene rings is 2. The molecule has 29 heavy (non-hydrogen) atoms. The number of aromatic nitrogens is 2. The van der Waals surface area contributed by atoms with Crippen molar-refractivity contribution < 1.29 is 14.3 Å². The van der Waals surface area contributed by atoms with Crippen LogP contribution < -0.4 is 10.9 Å². The fourth-order valence-corrected chi connectivity index (χ4v) is 2.95. The average molecular weight is 391 g/mol. The smallest absolute Gasteiger partial charge is 0.337 e. The lowest BCUT2D eigenvalue weighted by Gasteiger charge is -2.10. The number of ether oxygens (including phenoxy) is 1. The lowest BCUT2D eigenvalue weighted by Crippen LogP contribution is -2.29. The van der Waals surface area contributed by atoms with Crippen LogP contribution in [0.1, 0.15) is 21.5 Å². The van der Waals surface area contributed by atoms with Gasteiger partial charge in [-0.05, 0) is 49.7 Å². The minimum absolute atomic E-state index is 0.226. The number of rotatable bonds is 5. The first kappa shape index (κ1) is 20.0. The Morgan fingerprint density at radius 1 is 1.03 bits per heavy atom. The number of methoxy groups -OCH3 is 1. The number of esters is 1. The van der Waals surface area contributed by atoms with Gasteiger partial charge in [0.2, 0.25) is 5.91 Å². The molecule has 0 aliphatic carbocycles. The Labute approximate surface area is 168 Å². The van der Waals surface area contributed by atoms with E-state index in [4.69, 9.17) is 0 Å². The third kappa shape index (κ3) is 4.76. The molecule has 3 rings (SSSR count). The van der Waals surface area contributed by atoms with Gasteiger partial charge < -0.3 is 10.1 Å². The molecule has 1 aromatic heterocycles. The van der Waals surface area contributed by atoms with Gasteiger partial charge in [0, 0.05) is 17.3 Å². The van der Waals surface area contributed by atoms with Crippen molar-refractivity contribution in [1.82, 2.24) is 9.78 Å². The zero-order chi connectivity index (χ0) is 21.0. The molecule has 0 fully saturated rings. The molecule has 0 bridgehead atoms. The average Bonchev–Trinajstić information content (AvgIpc) is 2.70. The van der Waals surface area contributed by atoms with Gasteiger partial charge in [-0.15, -0.1) is 0 Å². The third-order valence-electron chi connectivity index (χ3n) is 4.41. The van der Waals surface area contributed by atoms with E-state index in [2.05, 4.69) is 15.2 Å². The maximum Gasteiger partial charge on any atom is 0.337 e. The van der Waals surface area contributed by atoms with E-state index < -0.39 is 11.9 Å². The molecule has 0 saturated carbocycles. The Morgan fingerprint density at radius 2 is 1.76 bits per heavy atom. The number of nitrogens with one attached hydrogen (secondary N) is 1. The van der Waals surface area contributed by atoms with E-state index in [1.54, 1.807) is 30.3 Å². The highest BCUT2D eigenvalue weighted by Crippen LogP contribution is 2.21. The summed E-state index contributed by atoms with van der Waals surface area (Å²) in [4.78, 5) is 36.0. The van der Waals surface area contributed by atoms with Crippen molar-refractivity contribution in [3.05, 3.63) is 81.6 Å². The topological polar surface area (TPSA) is 90.3 Å². The molecule has 0 saturated heterocycles. The minimum Gasteiger partial charge on any atom is -0.465 e. The van der Waals surface area contributed by atoms with Gasteiger partial charge in [0.1, 0.15) is 6.54 Å². The number of hydrogen-bond donors (Lipinski definition) is 1. The number of carbonyl (C=O) groups is 2. The van der Waals surface area contributed by atoms with E-state index in [0.29, 0.717) is 16.9 Å². The summed E-state index contributed by atoms with van der Waals surface area (Å²) in [5, 5.41) is 7.03. The van der Waals surface area contributed by atoms with Crippen LogP contribution in [0.3, 0.4) is 0 Å². The second-order valence-electron chi connectivity index (χ2n) is 6.65. The van der Waals surface area contributed by atoms with E-state index in [1.807, 2.05) is 32.0 Å². The van der Waals surface area contributed by atoms with Crippen molar-refractivity contribution in [1.29, 1.82) is 0 Å². The summed E-state index contributed by atoms with van der Waals surface area (Å²) in [5.74, 6) is -0.856. The molecule has 0 aliphatic heterocycles. The first-order valence-electron chi connectivity index (χ1n) is 9.01. The zero-order valence-electron chi connectivity index (χ0n) is 16.4. The van der Waals surface area contributed by atoms with Gasteiger partial charge in [-0.25, -0.2) is 9.48 Å². The lowest BCUT2D eigenvalue weighted by atomic mass is 10.0. The summed E-state index contributed by atoms with van der Waals surface area (Å²) in [5.41, 5.74) is 4.22. The molecule has 1 N–H and O–H groups in total. The molecule has 0 atom stereocenters. The lowest BCUT2D eigenvalue weighted by molar-refractivity contribution is -0.117. The summed E-state index contributed by atoms with van der Waals surface area (Å²) >= 11 is 0. The van der Waals surface area contributed by atoms with E-state index >= 15 is 0 Å². The number of amides is 1. The van der Waals surface area contributed by atoms with Gasteiger partial charge in [0.25, 0.3) is 5.56 Å². The molecule has 1 heterocycles. The summed E-state index contributed by atoms with van der Waals surface area (Å²) in [6.45, 7) is 3.76. The van der Waals surface area contributed by atoms with Gasteiger partial charge in [-0.2, -0.15) is 5.10 Å². The standard InChI is InChI=1S/C22H21N3O4/c1-14-4-9-18(15(2)12-14)19-10-11-21(27)25(24-19)13-20(26)23-17-7-5-16(6-8-17)22(28)29-3/h4-12H,13H2,1-3H3,(H,23,26). The minimum atomic E-state index is -0.457. The van der Waals surface area contributed by atoms with Crippen LogP contribution in [0.2, 0.25) is 0 Å². The van der Waals surface area contributed by atoms with Crippen molar-refractivity contribution in [2.45, 2.75) is 20.4 Å². The highest BCUT2D eigenvalue weighted by Gasteiger charge is 2.11. The molecule has 148 valence electrons. The Kier molecular flexibility index (Phi) is 5.87. The van der Waals surface area contributed by atoms with Crippen molar-refractivity contribution in [3.8, 4) is 11.3 Å². The van der Waals surface area contributed by atoms with Gasteiger partial charge in [0.15, 0.2) is 0 Å². The number of aryl methyl sites for hydroxylation is 2. The highest BCUT2D eigenvalue weighted by atomic mass is 16.5. The molecular weight excluding hydrogens is 370 g/mol. The molecule has 0 aliphatic rings. The Bertz CT molecular complexity index is 1120. The van der Waals surface area contributed by atoms with Crippen LogP contribution in [0, 0.1) is 13.8 Å². The highest BCUT2D eigenvalue weighted by molar-refractivity contribution is 5.92. The van der Waals surface area contributed by atoms with Crippen LogP contribution in [0.15, 0.2) is 59.4 Å². The molecule has 7 heteroatoms. The van der Waals surface area contributed by atoms with Crippen LogP contribution in [-0.2, 0) is 16.1 Å². The van der Waals surface area contributed by atoms with E-state index in [9.17, 15) is 14.4 Å². The van der Waals surface area contributed by atoms with Crippen molar-refractivity contribution >= 4 is 17.6 Å². The fraction of sp³-hybridized carbons (Fsp3) is 0.182. The quantitative estimate of drug-likeness (QED) is 0.676. The predicted octanol–water partition coefficient (Wildman–Crippen LogP) is 2.95. The normalized spacial score (nSPS) is 10.4. The monoisotopic (exact) mass is 391 g/mol. The first-order valence-corrected chi connectivity index (χ1v) is 9.01. The van der Waals surface area contributed by atoms with Crippen LogP contribution in [-0.4, -0.2) is 28.8 Å². The summed E-state index contributed by atoms with van der Waals surface area (Å²) < 4.78 is 5.77. The Balaban J connectivity index is 1.76. The van der Waals surface area contributed by atoms with Gasteiger partial charge in [-0.1, -0.05) is 23.8 Å². The first-order chi connectivity index (χ1) is 13.9. The molecule has 7 nitrogen and oxygen atoms in total. The number of hydrogen-bond acceptors (Lipinski definition) is 5. The molecule has 0 spiro atoms. The SMILES string of the molecule is COC(=O)c1ccc(NC(=O)Cn2nc(-c3ccc(C)cc3C)ccc2=O)cc1. The maximum absolute atomic E-state index is 12.4. The van der Waals surface area contributed by atoms with Crippen LogP contribution in [0.4, 0.5) is 5.69 Å². The van der Waals surface area contributed by atoms with E-state index in [1.165, 1.54) is 13.2 Å². The number of nitrogens with zero attached hydrogens (tertiary/aromatic N) is 2. The van der Waals surface area contributed by atoms with Gasteiger partial charge >= 0.3 is 5.97 Å². The predicted molar refractivity (Wildman–Crippen MR) is 110 cm³/mol. The summed E-state index contributed by atoms with van der Waals surface area (Å²) in [6.07, 6.45) is 0. The van der Waals surface area contributed by atoms with Crippen molar-refractivity contribution in [2.75, 3.05) is 12.4 Å². The molecular formula is C22H21N3O4.